The van der Waals surface area contributed by atoms with Crippen LogP contribution in [0.15, 0.2) is 48.1 Å². The van der Waals surface area contributed by atoms with Gasteiger partial charge in [0.15, 0.2) is 0 Å². The molecule has 0 heterocycles. The second-order valence-electron chi connectivity index (χ2n) is 3.98. The monoisotopic (exact) mass is 205 g/mol. The number of hydrogen-bond acceptors (Lipinski definition) is 1. The van der Waals surface area contributed by atoms with Gasteiger partial charge in [-0.3, -0.25) is 0 Å². The van der Waals surface area contributed by atoms with Crippen molar-refractivity contribution in [3.05, 3.63) is 48.1 Å². The van der Waals surface area contributed by atoms with E-state index in [1.807, 2.05) is 19.2 Å². The van der Waals surface area contributed by atoms with Gasteiger partial charge in [-0.15, -0.1) is 0 Å². The molecule has 0 aromatic rings. The molecular weight excluding hydrogens is 182 g/mol. The van der Waals surface area contributed by atoms with E-state index in [2.05, 4.69) is 44.8 Å². The Balaban J connectivity index is 4.29. The van der Waals surface area contributed by atoms with Crippen LogP contribution in [0.5, 0.6) is 0 Å². The van der Waals surface area contributed by atoms with Crippen molar-refractivity contribution < 1.29 is 0 Å². The molecule has 0 spiro atoms. The van der Waals surface area contributed by atoms with Crippen molar-refractivity contribution in [1.82, 2.24) is 5.32 Å². The van der Waals surface area contributed by atoms with Crippen molar-refractivity contribution >= 4 is 0 Å². The Morgan fingerprint density at radius 1 is 1.27 bits per heavy atom. The minimum Gasteiger partial charge on any atom is -0.313 e. The average Bonchev–Trinajstić information content (AvgIpc) is 2.16. The van der Waals surface area contributed by atoms with Gasteiger partial charge in [0.05, 0.1) is 0 Å². The Bertz CT molecular complexity index is 265. The quantitative estimate of drug-likeness (QED) is 0.516. The molecule has 0 aromatic heterocycles. The highest BCUT2D eigenvalue weighted by molar-refractivity contribution is 5.16. The molecule has 1 nitrogen and oxygen atoms in total. The molecule has 0 saturated carbocycles. The van der Waals surface area contributed by atoms with Crippen LogP contribution in [0.3, 0.4) is 0 Å². The lowest BCUT2D eigenvalue weighted by molar-refractivity contribution is 0.656. The van der Waals surface area contributed by atoms with Gasteiger partial charge < -0.3 is 5.32 Å². The maximum absolute atomic E-state index is 3.64. The van der Waals surface area contributed by atoms with Crippen LogP contribution in [-0.4, -0.2) is 13.1 Å². The molecular formula is C14H23N. The molecule has 0 aliphatic carbocycles. The van der Waals surface area contributed by atoms with Crippen molar-refractivity contribution in [1.29, 1.82) is 0 Å². The normalized spacial score (nSPS) is 14.0. The van der Waals surface area contributed by atoms with Crippen LogP contribution in [0.4, 0.5) is 0 Å². The molecule has 0 saturated heterocycles. The summed E-state index contributed by atoms with van der Waals surface area (Å²) in [6.45, 7) is 10.0. The lowest BCUT2D eigenvalue weighted by Gasteiger charge is -2.12. The highest BCUT2D eigenvalue weighted by atomic mass is 14.9. The first-order chi connectivity index (χ1) is 7.10. The van der Waals surface area contributed by atoms with Gasteiger partial charge in [-0.05, 0) is 34.2 Å². The van der Waals surface area contributed by atoms with Crippen LogP contribution in [0.1, 0.15) is 27.2 Å². The SMILES string of the molecule is C=C/C=C\C=C(\C)CC(C=C(C)C)NC. The van der Waals surface area contributed by atoms with Crippen molar-refractivity contribution in [2.24, 2.45) is 0 Å². The number of allylic oxidation sites excluding steroid dienone is 5. The molecule has 0 aromatic carbocycles. The third-order valence-corrected chi connectivity index (χ3v) is 2.08. The molecule has 1 unspecified atom stereocenters. The summed E-state index contributed by atoms with van der Waals surface area (Å²) < 4.78 is 0. The lowest BCUT2D eigenvalue weighted by atomic mass is 10.1. The second kappa shape index (κ2) is 8.25. The molecule has 0 rings (SSSR count). The van der Waals surface area contributed by atoms with E-state index in [1.165, 1.54) is 11.1 Å². The Labute approximate surface area is 94.3 Å². The van der Waals surface area contributed by atoms with E-state index in [4.69, 9.17) is 0 Å². The number of nitrogens with one attached hydrogen (secondary N) is 1. The smallest absolute Gasteiger partial charge is 0.0286 e. The maximum atomic E-state index is 3.64. The van der Waals surface area contributed by atoms with E-state index in [9.17, 15) is 0 Å². The van der Waals surface area contributed by atoms with Crippen LogP contribution >= 0.6 is 0 Å². The fourth-order valence-corrected chi connectivity index (χ4v) is 1.36. The zero-order chi connectivity index (χ0) is 11.7. The average molecular weight is 205 g/mol. The van der Waals surface area contributed by atoms with Gasteiger partial charge in [-0.25, -0.2) is 0 Å². The van der Waals surface area contributed by atoms with E-state index in [-0.39, 0.29) is 0 Å². The Morgan fingerprint density at radius 2 is 1.93 bits per heavy atom. The molecule has 1 N–H and O–H groups in total. The van der Waals surface area contributed by atoms with Gasteiger partial charge >= 0.3 is 0 Å². The van der Waals surface area contributed by atoms with Crippen LogP contribution in [0.25, 0.3) is 0 Å². The largest absolute Gasteiger partial charge is 0.313 e. The van der Waals surface area contributed by atoms with Crippen molar-refractivity contribution in [2.45, 2.75) is 33.2 Å². The fraction of sp³-hybridized carbons (Fsp3) is 0.429. The first-order valence-electron chi connectivity index (χ1n) is 5.37. The highest BCUT2D eigenvalue weighted by Gasteiger charge is 2.01. The predicted octanol–water partition coefficient (Wildman–Crippen LogP) is 3.62. The van der Waals surface area contributed by atoms with Crippen LogP contribution in [0.2, 0.25) is 0 Å². The van der Waals surface area contributed by atoms with E-state index in [0.717, 1.165) is 6.42 Å². The summed E-state index contributed by atoms with van der Waals surface area (Å²) in [5.74, 6) is 0. The van der Waals surface area contributed by atoms with Crippen molar-refractivity contribution in [2.75, 3.05) is 7.05 Å². The third-order valence-electron chi connectivity index (χ3n) is 2.08. The first-order valence-corrected chi connectivity index (χ1v) is 5.37. The molecule has 0 bridgehead atoms. The summed E-state index contributed by atoms with van der Waals surface area (Å²) >= 11 is 0. The Hall–Kier alpha value is -1.08. The van der Waals surface area contributed by atoms with Gasteiger partial charge in [0.1, 0.15) is 0 Å². The third kappa shape index (κ3) is 7.95. The van der Waals surface area contributed by atoms with Crippen LogP contribution in [0, 0.1) is 0 Å². The first kappa shape index (κ1) is 13.9. The Kier molecular flexibility index (Phi) is 7.65. The van der Waals surface area contributed by atoms with E-state index in [1.54, 1.807) is 6.08 Å². The van der Waals surface area contributed by atoms with E-state index in [0.29, 0.717) is 6.04 Å². The molecule has 84 valence electrons. The van der Waals surface area contributed by atoms with Gasteiger partial charge in [-0.1, -0.05) is 48.1 Å². The molecule has 0 aliphatic heterocycles. The second-order valence-corrected chi connectivity index (χ2v) is 3.98. The summed E-state index contributed by atoms with van der Waals surface area (Å²) in [7, 11) is 2.00. The van der Waals surface area contributed by atoms with Crippen molar-refractivity contribution in [3.63, 3.8) is 0 Å². The predicted molar refractivity (Wildman–Crippen MR) is 70.0 cm³/mol. The standard InChI is InChI=1S/C14H23N/c1-6-7-8-9-13(4)11-14(15-5)10-12(2)3/h6-10,14-15H,1,11H2,2-5H3/b8-7-,13-9-. The van der Waals surface area contributed by atoms with Gasteiger partial charge in [-0.2, -0.15) is 0 Å². The highest BCUT2D eigenvalue weighted by Crippen LogP contribution is 2.07. The molecule has 1 heteroatoms. The summed E-state index contributed by atoms with van der Waals surface area (Å²) in [5, 5.41) is 3.29. The number of hydrogen-bond donors (Lipinski definition) is 1. The van der Waals surface area contributed by atoms with Gasteiger partial charge in [0.25, 0.3) is 0 Å². The zero-order valence-corrected chi connectivity index (χ0v) is 10.4. The fourth-order valence-electron chi connectivity index (χ4n) is 1.36. The van der Waals surface area contributed by atoms with Gasteiger partial charge in [0.2, 0.25) is 0 Å². The van der Waals surface area contributed by atoms with Crippen LogP contribution < -0.4 is 5.32 Å². The van der Waals surface area contributed by atoms with E-state index < -0.39 is 0 Å². The summed E-state index contributed by atoms with van der Waals surface area (Å²) in [4.78, 5) is 0. The molecule has 0 radical (unpaired) electrons. The molecule has 15 heavy (non-hydrogen) atoms. The molecule has 0 amide bonds. The Morgan fingerprint density at radius 3 is 2.40 bits per heavy atom. The lowest BCUT2D eigenvalue weighted by Crippen LogP contribution is -2.23. The van der Waals surface area contributed by atoms with E-state index >= 15 is 0 Å². The van der Waals surface area contributed by atoms with Gasteiger partial charge in [0, 0.05) is 6.04 Å². The minimum absolute atomic E-state index is 0.434. The topological polar surface area (TPSA) is 12.0 Å². The number of rotatable bonds is 6. The van der Waals surface area contributed by atoms with Crippen molar-refractivity contribution in [3.8, 4) is 0 Å². The summed E-state index contributed by atoms with van der Waals surface area (Å²) in [6, 6.07) is 0.434. The van der Waals surface area contributed by atoms with Crippen LogP contribution in [-0.2, 0) is 0 Å². The molecule has 1 atom stereocenters. The maximum Gasteiger partial charge on any atom is 0.0286 e. The zero-order valence-electron chi connectivity index (χ0n) is 10.4. The summed E-state index contributed by atoms with van der Waals surface area (Å²) in [6.07, 6.45) is 11.2. The minimum atomic E-state index is 0.434. The summed E-state index contributed by atoms with van der Waals surface area (Å²) in [5.41, 5.74) is 2.72. The number of likely N-dealkylation sites (N-methyl/N-ethyl adjacent to an activating group) is 1. The molecule has 0 fully saturated rings. The molecule has 0 aliphatic rings.